The lowest BCUT2D eigenvalue weighted by molar-refractivity contribution is -0.114. The van der Waals surface area contributed by atoms with Gasteiger partial charge < -0.3 is 10.6 Å². The average Bonchev–Trinajstić information content (AvgIpc) is 2.35. The molecule has 7 heteroatoms. The van der Waals surface area contributed by atoms with Crippen molar-refractivity contribution in [3.63, 3.8) is 0 Å². The van der Waals surface area contributed by atoms with E-state index >= 15 is 0 Å². The lowest BCUT2D eigenvalue weighted by atomic mass is 10.2. The maximum atomic E-state index is 11.5. The Hall–Kier alpha value is -1.44. The van der Waals surface area contributed by atoms with Gasteiger partial charge in [0.15, 0.2) is 0 Å². The van der Waals surface area contributed by atoms with Crippen LogP contribution in [0, 0.1) is 0 Å². The van der Waals surface area contributed by atoms with Gasteiger partial charge in [0.05, 0.1) is 5.75 Å². The van der Waals surface area contributed by atoms with E-state index in [1.807, 2.05) is 24.3 Å². The van der Waals surface area contributed by atoms with E-state index in [9.17, 15) is 13.2 Å². The molecule has 0 heterocycles. The van der Waals surface area contributed by atoms with Crippen molar-refractivity contribution in [3.05, 3.63) is 29.8 Å². The summed E-state index contributed by atoms with van der Waals surface area (Å²) < 4.78 is 24.3. The first-order valence-corrected chi connectivity index (χ1v) is 7.89. The molecule has 0 aromatic heterocycles. The van der Waals surface area contributed by atoms with Crippen LogP contribution in [0.1, 0.15) is 12.5 Å². The first-order chi connectivity index (χ1) is 9.31. The third-order valence-corrected chi connectivity index (χ3v) is 4.53. The molecule has 1 aromatic carbocycles. The third-order valence-electron chi connectivity index (χ3n) is 2.70. The molecule has 0 unspecified atom stereocenters. The second kappa shape index (κ2) is 7.37. The van der Waals surface area contributed by atoms with Gasteiger partial charge in [-0.1, -0.05) is 12.1 Å². The van der Waals surface area contributed by atoms with Crippen molar-refractivity contribution in [2.75, 3.05) is 31.7 Å². The third kappa shape index (κ3) is 5.68. The number of anilines is 1. The second-order valence-electron chi connectivity index (χ2n) is 4.65. The monoisotopic (exact) mass is 299 g/mol. The molecule has 0 aliphatic heterocycles. The number of sulfonamides is 1. The van der Waals surface area contributed by atoms with Crippen molar-refractivity contribution in [3.8, 4) is 0 Å². The van der Waals surface area contributed by atoms with Crippen molar-refractivity contribution in [2.24, 2.45) is 0 Å². The lowest BCUT2D eigenvalue weighted by Gasteiger charge is -2.11. The summed E-state index contributed by atoms with van der Waals surface area (Å²) in [4.78, 5) is 10.9. The van der Waals surface area contributed by atoms with Gasteiger partial charge in [0, 0.05) is 39.8 Å². The van der Waals surface area contributed by atoms with Gasteiger partial charge in [0.25, 0.3) is 0 Å². The predicted molar refractivity (Wildman–Crippen MR) is 79.9 cm³/mol. The first kappa shape index (κ1) is 16.6. The molecule has 0 fully saturated rings. The van der Waals surface area contributed by atoms with E-state index in [1.165, 1.54) is 25.3 Å². The molecule has 0 bridgehead atoms. The summed E-state index contributed by atoms with van der Waals surface area (Å²) in [6.45, 7) is 2.44. The number of hydrogen-bond acceptors (Lipinski definition) is 4. The maximum Gasteiger partial charge on any atom is 0.221 e. The van der Waals surface area contributed by atoms with Crippen molar-refractivity contribution in [1.29, 1.82) is 0 Å². The van der Waals surface area contributed by atoms with Gasteiger partial charge in [-0.3, -0.25) is 4.79 Å². The molecule has 20 heavy (non-hydrogen) atoms. The highest BCUT2D eigenvalue weighted by atomic mass is 32.2. The van der Waals surface area contributed by atoms with Crippen LogP contribution in [0.5, 0.6) is 0 Å². The van der Waals surface area contributed by atoms with Crippen LogP contribution in [0.25, 0.3) is 0 Å². The summed E-state index contributed by atoms with van der Waals surface area (Å²) in [6, 6.07) is 7.40. The van der Waals surface area contributed by atoms with Gasteiger partial charge in [-0.05, 0) is 17.7 Å². The quantitative estimate of drug-likeness (QED) is 0.724. The van der Waals surface area contributed by atoms with Crippen LogP contribution in [-0.4, -0.2) is 45.0 Å². The molecule has 0 radical (unpaired) electrons. The Morgan fingerprint density at radius 2 is 1.80 bits per heavy atom. The highest BCUT2D eigenvalue weighted by Crippen LogP contribution is 2.09. The molecular formula is C13H21N3O3S. The van der Waals surface area contributed by atoms with E-state index < -0.39 is 10.0 Å². The zero-order valence-electron chi connectivity index (χ0n) is 12.0. The molecule has 1 rings (SSSR count). The highest BCUT2D eigenvalue weighted by Gasteiger charge is 2.12. The summed E-state index contributed by atoms with van der Waals surface area (Å²) in [5.41, 5.74) is 1.78. The standard InChI is InChI=1S/C13H21N3O3S/c1-11(17)15-13-6-4-12(5-7-13)10-14-8-9-20(18,19)16(2)3/h4-7,14H,8-10H2,1-3H3,(H,15,17). The molecule has 0 atom stereocenters. The summed E-state index contributed by atoms with van der Waals surface area (Å²) in [7, 11) is -0.102. The Labute approximate surface area is 120 Å². The fourth-order valence-electron chi connectivity index (χ4n) is 1.53. The number of carbonyl (C=O) groups excluding carboxylic acids is 1. The topological polar surface area (TPSA) is 78.5 Å². The van der Waals surface area contributed by atoms with Crippen LogP contribution < -0.4 is 10.6 Å². The summed E-state index contributed by atoms with van der Waals surface area (Å²) in [6.07, 6.45) is 0. The van der Waals surface area contributed by atoms with Crippen molar-refractivity contribution in [1.82, 2.24) is 9.62 Å². The Morgan fingerprint density at radius 1 is 1.20 bits per heavy atom. The van der Waals surface area contributed by atoms with Gasteiger partial charge in [0.1, 0.15) is 0 Å². The number of benzene rings is 1. The molecule has 0 aliphatic rings. The van der Waals surface area contributed by atoms with Crippen LogP contribution >= 0.6 is 0 Å². The van der Waals surface area contributed by atoms with Gasteiger partial charge in [-0.2, -0.15) is 0 Å². The molecule has 1 amide bonds. The van der Waals surface area contributed by atoms with Gasteiger partial charge >= 0.3 is 0 Å². The van der Waals surface area contributed by atoms with Crippen LogP contribution in [0.2, 0.25) is 0 Å². The van der Waals surface area contributed by atoms with Crippen LogP contribution in [0.15, 0.2) is 24.3 Å². The number of rotatable bonds is 7. The number of nitrogens with one attached hydrogen (secondary N) is 2. The Kier molecular flexibility index (Phi) is 6.12. The van der Waals surface area contributed by atoms with E-state index in [2.05, 4.69) is 10.6 Å². The van der Waals surface area contributed by atoms with E-state index in [4.69, 9.17) is 0 Å². The fourth-order valence-corrected chi connectivity index (χ4v) is 2.29. The molecule has 2 N–H and O–H groups in total. The Balaban J connectivity index is 2.38. The van der Waals surface area contributed by atoms with Crippen LogP contribution in [0.4, 0.5) is 5.69 Å². The largest absolute Gasteiger partial charge is 0.326 e. The number of hydrogen-bond donors (Lipinski definition) is 2. The smallest absolute Gasteiger partial charge is 0.221 e. The second-order valence-corrected chi connectivity index (χ2v) is 6.96. The molecule has 0 aliphatic carbocycles. The minimum Gasteiger partial charge on any atom is -0.326 e. The van der Waals surface area contributed by atoms with Crippen molar-refractivity contribution in [2.45, 2.75) is 13.5 Å². The Bertz CT molecular complexity index is 538. The molecular weight excluding hydrogens is 278 g/mol. The lowest BCUT2D eigenvalue weighted by Crippen LogP contribution is -2.30. The Morgan fingerprint density at radius 3 is 2.30 bits per heavy atom. The molecule has 0 saturated heterocycles. The van der Waals surface area contributed by atoms with Crippen molar-refractivity contribution < 1.29 is 13.2 Å². The van der Waals surface area contributed by atoms with Gasteiger partial charge in [-0.25, -0.2) is 12.7 Å². The highest BCUT2D eigenvalue weighted by molar-refractivity contribution is 7.89. The molecule has 1 aromatic rings. The zero-order valence-corrected chi connectivity index (χ0v) is 12.8. The summed E-state index contributed by atoms with van der Waals surface area (Å²) >= 11 is 0. The summed E-state index contributed by atoms with van der Waals surface area (Å²) in [5.74, 6) is -0.0333. The first-order valence-electron chi connectivity index (χ1n) is 6.29. The fraction of sp³-hybridized carbons (Fsp3) is 0.462. The molecule has 6 nitrogen and oxygen atoms in total. The molecule has 0 saturated carbocycles. The molecule has 0 spiro atoms. The average molecular weight is 299 g/mol. The number of carbonyl (C=O) groups is 1. The predicted octanol–water partition coefficient (Wildman–Crippen LogP) is 0.626. The minimum atomic E-state index is -3.15. The maximum absolute atomic E-state index is 11.5. The van der Waals surface area contributed by atoms with Crippen LogP contribution in [-0.2, 0) is 21.4 Å². The number of nitrogens with zero attached hydrogens (tertiary/aromatic N) is 1. The van der Waals surface area contributed by atoms with Crippen LogP contribution in [0.3, 0.4) is 0 Å². The number of amides is 1. The minimum absolute atomic E-state index is 0.0734. The molecule has 112 valence electrons. The summed E-state index contributed by atoms with van der Waals surface area (Å²) in [5, 5.41) is 5.77. The van der Waals surface area contributed by atoms with Crippen molar-refractivity contribution >= 4 is 21.6 Å². The normalized spacial score (nSPS) is 11.6. The van der Waals surface area contributed by atoms with E-state index in [0.717, 1.165) is 11.3 Å². The van der Waals surface area contributed by atoms with E-state index in [1.54, 1.807) is 0 Å². The SMILES string of the molecule is CC(=O)Nc1ccc(CNCCS(=O)(=O)N(C)C)cc1. The zero-order chi connectivity index (χ0) is 15.2. The van der Waals surface area contributed by atoms with E-state index in [0.29, 0.717) is 13.1 Å². The van der Waals surface area contributed by atoms with E-state index in [-0.39, 0.29) is 11.7 Å². The van der Waals surface area contributed by atoms with Gasteiger partial charge in [-0.15, -0.1) is 0 Å². The van der Waals surface area contributed by atoms with Gasteiger partial charge in [0.2, 0.25) is 15.9 Å².